The van der Waals surface area contributed by atoms with Gasteiger partial charge in [0.25, 0.3) is 0 Å². The second-order valence-corrected chi connectivity index (χ2v) is 4.40. The lowest BCUT2D eigenvalue weighted by Crippen LogP contribution is -2.16. The average molecular weight is 286 g/mol. The molecule has 0 saturated heterocycles. The highest BCUT2D eigenvalue weighted by molar-refractivity contribution is 9.10. The maximum Gasteiger partial charge on any atom is 0.305 e. The molecule has 0 saturated carbocycles. The van der Waals surface area contributed by atoms with Crippen LogP contribution in [0.15, 0.2) is 28.7 Å². The molecule has 1 N–H and O–H groups in total. The number of methoxy groups -OCH3 is 1. The number of benzene rings is 1. The molecule has 0 heterocycles. The van der Waals surface area contributed by atoms with Gasteiger partial charge in [0.15, 0.2) is 0 Å². The van der Waals surface area contributed by atoms with E-state index in [0.29, 0.717) is 6.42 Å². The van der Waals surface area contributed by atoms with E-state index in [1.807, 2.05) is 12.1 Å². The Labute approximate surface area is 104 Å². The monoisotopic (exact) mass is 285 g/mol. The fourth-order valence-corrected chi connectivity index (χ4v) is 1.56. The average Bonchev–Trinajstić information content (AvgIpc) is 2.31. The Hall–Kier alpha value is -0.870. The van der Waals surface area contributed by atoms with Gasteiger partial charge in [-0.1, -0.05) is 28.1 Å². The first-order chi connectivity index (χ1) is 7.72. The molecular formula is C12H16BrNO2. The number of hydrogen-bond acceptors (Lipinski definition) is 3. The van der Waals surface area contributed by atoms with Gasteiger partial charge in [0.05, 0.1) is 7.11 Å². The summed E-state index contributed by atoms with van der Waals surface area (Å²) in [6, 6.07) is 8.17. The van der Waals surface area contributed by atoms with Crippen LogP contribution >= 0.6 is 15.9 Å². The van der Waals surface area contributed by atoms with Crippen LogP contribution in [0.2, 0.25) is 0 Å². The van der Waals surface area contributed by atoms with E-state index in [4.69, 9.17) is 0 Å². The lowest BCUT2D eigenvalue weighted by Gasteiger charge is -2.04. The fraction of sp³-hybridized carbons (Fsp3) is 0.417. The molecule has 0 radical (unpaired) electrons. The van der Waals surface area contributed by atoms with Gasteiger partial charge in [0.1, 0.15) is 0 Å². The highest BCUT2D eigenvalue weighted by atomic mass is 79.9. The molecule has 0 fully saturated rings. The normalized spacial score (nSPS) is 10.1. The summed E-state index contributed by atoms with van der Waals surface area (Å²) in [7, 11) is 1.41. The van der Waals surface area contributed by atoms with E-state index >= 15 is 0 Å². The van der Waals surface area contributed by atoms with Crippen molar-refractivity contribution in [2.45, 2.75) is 19.4 Å². The number of halogens is 1. The smallest absolute Gasteiger partial charge is 0.305 e. The van der Waals surface area contributed by atoms with Gasteiger partial charge in [-0.25, -0.2) is 0 Å². The van der Waals surface area contributed by atoms with Gasteiger partial charge in [-0.05, 0) is 30.7 Å². The fourth-order valence-electron chi connectivity index (χ4n) is 1.29. The molecular weight excluding hydrogens is 270 g/mol. The molecule has 0 aliphatic rings. The topological polar surface area (TPSA) is 38.3 Å². The summed E-state index contributed by atoms with van der Waals surface area (Å²) < 4.78 is 5.64. The third-order valence-corrected chi connectivity index (χ3v) is 2.73. The Kier molecular flexibility index (Phi) is 6.11. The number of hydrogen-bond donors (Lipinski definition) is 1. The molecule has 0 aliphatic heterocycles. The third kappa shape index (κ3) is 5.28. The van der Waals surface area contributed by atoms with Crippen molar-refractivity contribution in [3.8, 4) is 0 Å². The zero-order chi connectivity index (χ0) is 11.8. The van der Waals surface area contributed by atoms with E-state index in [1.54, 1.807) is 0 Å². The molecule has 1 rings (SSSR count). The lowest BCUT2D eigenvalue weighted by molar-refractivity contribution is -0.140. The number of esters is 1. The quantitative estimate of drug-likeness (QED) is 0.645. The molecule has 16 heavy (non-hydrogen) atoms. The van der Waals surface area contributed by atoms with Crippen LogP contribution in [0.4, 0.5) is 0 Å². The van der Waals surface area contributed by atoms with Crippen molar-refractivity contribution in [3.05, 3.63) is 34.3 Å². The molecule has 1 aromatic rings. The van der Waals surface area contributed by atoms with Crippen molar-refractivity contribution in [3.63, 3.8) is 0 Å². The number of nitrogens with one attached hydrogen (secondary N) is 1. The molecule has 0 amide bonds. The van der Waals surface area contributed by atoms with Crippen molar-refractivity contribution in [2.75, 3.05) is 13.7 Å². The van der Waals surface area contributed by atoms with Gasteiger partial charge in [-0.2, -0.15) is 0 Å². The molecule has 0 atom stereocenters. The van der Waals surface area contributed by atoms with Crippen LogP contribution < -0.4 is 5.32 Å². The van der Waals surface area contributed by atoms with Crippen LogP contribution in [-0.2, 0) is 16.1 Å². The van der Waals surface area contributed by atoms with E-state index in [0.717, 1.165) is 24.0 Å². The zero-order valence-corrected chi connectivity index (χ0v) is 10.9. The van der Waals surface area contributed by atoms with Crippen LogP contribution in [0.3, 0.4) is 0 Å². The first-order valence-corrected chi connectivity index (χ1v) is 6.03. The first kappa shape index (κ1) is 13.2. The molecule has 1 aromatic carbocycles. The third-order valence-electron chi connectivity index (χ3n) is 2.20. The predicted molar refractivity (Wildman–Crippen MR) is 67.1 cm³/mol. The SMILES string of the molecule is COC(=O)CCCNCc1ccc(Br)cc1. The van der Waals surface area contributed by atoms with Crippen LogP contribution in [-0.4, -0.2) is 19.6 Å². The summed E-state index contributed by atoms with van der Waals surface area (Å²) in [5, 5.41) is 3.28. The molecule has 4 heteroatoms. The Morgan fingerprint density at radius 3 is 2.69 bits per heavy atom. The van der Waals surface area contributed by atoms with E-state index in [-0.39, 0.29) is 5.97 Å². The second-order valence-electron chi connectivity index (χ2n) is 3.48. The molecule has 0 spiro atoms. The summed E-state index contributed by atoms with van der Waals surface area (Å²) in [5.41, 5.74) is 1.24. The predicted octanol–water partition coefficient (Wildman–Crippen LogP) is 2.49. The molecule has 0 unspecified atom stereocenters. The maximum absolute atomic E-state index is 10.8. The van der Waals surface area contributed by atoms with Gasteiger partial charge < -0.3 is 10.1 Å². The largest absolute Gasteiger partial charge is 0.469 e. The van der Waals surface area contributed by atoms with Crippen LogP contribution in [0.25, 0.3) is 0 Å². The van der Waals surface area contributed by atoms with Crippen molar-refractivity contribution in [1.82, 2.24) is 5.32 Å². The van der Waals surface area contributed by atoms with Gasteiger partial charge in [0, 0.05) is 17.4 Å². The minimum Gasteiger partial charge on any atom is -0.469 e. The minimum atomic E-state index is -0.148. The van der Waals surface area contributed by atoms with E-state index in [1.165, 1.54) is 12.7 Å². The number of rotatable bonds is 6. The van der Waals surface area contributed by atoms with Gasteiger partial charge in [0.2, 0.25) is 0 Å². The molecule has 0 bridgehead atoms. The van der Waals surface area contributed by atoms with Crippen molar-refractivity contribution < 1.29 is 9.53 Å². The van der Waals surface area contributed by atoms with Gasteiger partial charge in [-0.3, -0.25) is 4.79 Å². The molecule has 0 aliphatic carbocycles. The second kappa shape index (κ2) is 7.41. The van der Waals surface area contributed by atoms with Crippen molar-refractivity contribution >= 4 is 21.9 Å². The summed E-state index contributed by atoms with van der Waals surface area (Å²) in [5.74, 6) is -0.148. The van der Waals surface area contributed by atoms with Crippen LogP contribution in [0, 0.1) is 0 Å². The maximum atomic E-state index is 10.8. The van der Waals surface area contributed by atoms with Crippen LogP contribution in [0.5, 0.6) is 0 Å². The summed E-state index contributed by atoms with van der Waals surface area (Å²) >= 11 is 3.39. The summed E-state index contributed by atoms with van der Waals surface area (Å²) in [6.07, 6.45) is 1.28. The summed E-state index contributed by atoms with van der Waals surface area (Å²) in [6.45, 7) is 1.65. The Balaban J connectivity index is 2.11. The zero-order valence-electron chi connectivity index (χ0n) is 9.33. The van der Waals surface area contributed by atoms with Gasteiger partial charge in [-0.15, -0.1) is 0 Å². The number of carbonyl (C=O) groups is 1. The minimum absolute atomic E-state index is 0.148. The van der Waals surface area contributed by atoms with E-state index in [9.17, 15) is 4.79 Å². The first-order valence-electron chi connectivity index (χ1n) is 5.24. The lowest BCUT2D eigenvalue weighted by atomic mass is 10.2. The Morgan fingerprint density at radius 2 is 2.06 bits per heavy atom. The summed E-state index contributed by atoms with van der Waals surface area (Å²) in [4.78, 5) is 10.8. The van der Waals surface area contributed by atoms with E-state index < -0.39 is 0 Å². The Morgan fingerprint density at radius 1 is 1.38 bits per heavy atom. The molecule has 88 valence electrons. The van der Waals surface area contributed by atoms with Crippen molar-refractivity contribution in [2.24, 2.45) is 0 Å². The van der Waals surface area contributed by atoms with Crippen molar-refractivity contribution in [1.29, 1.82) is 0 Å². The molecule has 0 aromatic heterocycles. The van der Waals surface area contributed by atoms with E-state index in [2.05, 4.69) is 38.1 Å². The molecule has 3 nitrogen and oxygen atoms in total. The highest BCUT2D eigenvalue weighted by Gasteiger charge is 1.98. The highest BCUT2D eigenvalue weighted by Crippen LogP contribution is 2.10. The number of carbonyl (C=O) groups excluding carboxylic acids is 1. The number of ether oxygens (including phenoxy) is 1. The standard InChI is InChI=1S/C12H16BrNO2/c1-16-12(15)3-2-8-14-9-10-4-6-11(13)7-5-10/h4-7,14H,2-3,8-9H2,1H3. The van der Waals surface area contributed by atoms with Crippen LogP contribution in [0.1, 0.15) is 18.4 Å². The Bertz CT molecular complexity index is 324. The van der Waals surface area contributed by atoms with Gasteiger partial charge >= 0.3 is 5.97 Å².